The molecular weight excluding hydrogens is 235 g/mol. The molecule has 5 heteroatoms. The van der Waals surface area contributed by atoms with Crippen LogP contribution in [-0.4, -0.2) is 18.9 Å². The van der Waals surface area contributed by atoms with Gasteiger partial charge < -0.3 is 4.74 Å². The third-order valence-electron chi connectivity index (χ3n) is 2.14. The van der Waals surface area contributed by atoms with Crippen LogP contribution in [-0.2, 0) is 9.53 Å². The van der Waals surface area contributed by atoms with Gasteiger partial charge in [0.05, 0.1) is 12.1 Å². The van der Waals surface area contributed by atoms with Crippen molar-refractivity contribution < 1.29 is 18.7 Å². The predicted octanol–water partition coefficient (Wildman–Crippen LogP) is 2.47. The van der Waals surface area contributed by atoms with Crippen LogP contribution in [0.3, 0.4) is 0 Å². The summed E-state index contributed by atoms with van der Waals surface area (Å²) in [6.07, 6.45) is 0. The van der Waals surface area contributed by atoms with E-state index in [1.807, 2.05) is 0 Å². The van der Waals surface area contributed by atoms with Gasteiger partial charge in [0, 0.05) is 5.56 Å². The maximum absolute atomic E-state index is 12.7. The topological polar surface area (TPSA) is 43.4 Å². The molecule has 0 aliphatic rings. The number of esters is 1. The molecule has 0 N–H and O–H groups in total. The van der Waals surface area contributed by atoms with E-state index in [2.05, 4.69) is 4.74 Å². The summed E-state index contributed by atoms with van der Waals surface area (Å²) in [7, 11) is 1.19. The smallest absolute Gasteiger partial charge is 0.316 e. The molecule has 0 heterocycles. The van der Waals surface area contributed by atoms with Crippen molar-refractivity contribution in [3.8, 4) is 0 Å². The maximum atomic E-state index is 12.7. The van der Waals surface area contributed by atoms with Crippen molar-refractivity contribution in [1.82, 2.24) is 0 Å². The molecule has 86 valence electrons. The molecule has 0 amide bonds. The van der Waals surface area contributed by atoms with Crippen LogP contribution in [0.4, 0.5) is 4.39 Å². The van der Waals surface area contributed by atoms with Crippen LogP contribution in [0.2, 0.25) is 5.02 Å². The maximum Gasteiger partial charge on any atom is 0.316 e. The van der Waals surface area contributed by atoms with E-state index < -0.39 is 23.5 Å². The highest BCUT2D eigenvalue weighted by Crippen LogP contribution is 2.21. The minimum absolute atomic E-state index is 0.0132. The second-order valence-electron chi connectivity index (χ2n) is 3.23. The van der Waals surface area contributed by atoms with Gasteiger partial charge in [-0.05, 0) is 25.1 Å². The van der Waals surface area contributed by atoms with Gasteiger partial charge in [-0.15, -0.1) is 0 Å². The Labute approximate surface area is 97.2 Å². The van der Waals surface area contributed by atoms with E-state index in [0.29, 0.717) is 0 Å². The molecule has 1 aromatic rings. The van der Waals surface area contributed by atoms with E-state index in [-0.39, 0.29) is 10.6 Å². The molecule has 1 unspecified atom stereocenters. The SMILES string of the molecule is COC(=O)C(C)C(=O)c1ccc(F)cc1Cl. The molecule has 0 saturated carbocycles. The number of methoxy groups -OCH3 is 1. The van der Waals surface area contributed by atoms with Crippen molar-refractivity contribution in [2.45, 2.75) is 6.92 Å². The van der Waals surface area contributed by atoms with Crippen LogP contribution >= 0.6 is 11.6 Å². The summed E-state index contributed by atoms with van der Waals surface area (Å²) in [4.78, 5) is 22.9. The highest BCUT2D eigenvalue weighted by Gasteiger charge is 2.25. The zero-order valence-electron chi connectivity index (χ0n) is 8.79. The van der Waals surface area contributed by atoms with Crippen molar-refractivity contribution in [2.24, 2.45) is 5.92 Å². The number of Topliss-reactive ketones (excluding diaryl/α,β-unsaturated/α-hetero) is 1. The molecule has 0 aliphatic carbocycles. The van der Waals surface area contributed by atoms with Gasteiger partial charge in [-0.25, -0.2) is 4.39 Å². The lowest BCUT2D eigenvalue weighted by molar-refractivity contribution is -0.143. The Morgan fingerprint density at radius 3 is 2.56 bits per heavy atom. The van der Waals surface area contributed by atoms with Gasteiger partial charge in [-0.3, -0.25) is 9.59 Å². The van der Waals surface area contributed by atoms with E-state index >= 15 is 0 Å². The number of hydrogen-bond donors (Lipinski definition) is 0. The normalized spacial score (nSPS) is 12.0. The van der Waals surface area contributed by atoms with Crippen molar-refractivity contribution in [2.75, 3.05) is 7.11 Å². The van der Waals surface area contributed by atoms with Gasteiger partial charge >= 0.3 is 5.97 Å². The summed E-state index contributed by atoms with van der Waals surface area (Å²) < 4.78 is 17.2. The number of carbonyl (C=O) groups excluding carboxylic acids is 2. The van der Waals surface area contributed by atoms with Crippen molar-refractivity contribution in [1.29, 1.82) is 0 Å². The summed E-state index contributed by atoms with van der Waals surface area (Å²) >= 11 is 5.70. The summed E-state index contributed by atoms with van der Waals surface area (Å²) in [6.45, 7) is 1.41. The molecule has 1 atom stereocenters. The summed E-state index contributed by atoms with van der Waals surface area (Å²) in [5.74, 6) is -2.62. The van der Waals surface area contributed by atoms with Gasteiger partial charge in [-0.1, -0.05) is 11.6 Å². The molecule has 0 spiro atoms. The molecule has 0 radical (unpaired) electrons. The first kappa shape index (κ1) is 12.6. The minimum atomic E-state index is -0.951. The predicted molar refractivity (Wildman–Crippen MR) is 56.9 cm³/mol. The monoisotopic (exact) mass is 244 g/mol. The lowest BCUT2D eigenvalue weighted by atomic mass is 9.99. The molecule has 3 nitrogen and oxygen atoms in total. The number of ether oxygens (including phenoxy) is 1. The third-order valence-corrected chi connectivity index (χ3v) is 2.46. The molecule has 1 rings (SSSR count). The van der Waals surface area contributed by atoms with Crippen LogP contribution in [0.1, 0.15) is 17.3 Å². The fourth-order valence-electron chi connectivity index (χ4n) is 1.21. The van der Waals surface area contributed by atoms with Crippen molar-refractivity contribution in [3.63, 3.8) is 0 Å². The molecule has 0 fully saturated rings. The van der Waals surface area contributed by atoms with Gasteiger partial charge in [0.1, 0.15) is 11.7 Å². The number of ketones is 1. The number of hydrogen-bond acceptors (Lipinski definition) is 3. The Bertz CT molecular complexity index is 431. The zero-order valence-corrected chi connectivity index (χ0v) is 9.55. The number of rotatable bonds is 3. The van der Waals surface area contributed by atoms with Crippen LogP contribution in [0.15, 0.2) is 18.2 Å². The van der Waals surface area contributed by atoms with E-state index in [1.165, 1.54) is 20.1 Å². The molecule has 16 heavy (non-hydrogen) atoms. The number of benzene rings is 1. The zero-order chi connectivity index (χ0) is 12.3. The fraction of sp³-hybridized carbons (Fsp3) is 0.273. The number of carbonyl (C=O) groups is 2. The molecule has 0 bridgehead atoms. The van der Waals surface area contributed by atoms with Gasteiger partial charge in [0.2, 0.25) is 0 Å². The Kier molecular flexibility index (Phi) is 4.01. The lowest BCUT2D eigenvalue weighted by Crippen LogP contribution is -2.22. The Balaban J connectivity index is 3.01. The highest BCUT2D eigenvalue weighted by atomic mass is 35.5. The minimum Gasteiger partial charge on any atom is -0.468 e. The molecule has 0 saturated heterocycles. The standard InChI is InChI=1S/C11H10ClFO3/c1-6(11(15)16-2)10(14)8-4-3-7(13)5-9(8)12/h3-6H,1-2H3. The first-order valence-corrected chi connectivity index (χ1v) is 4.92. The average molecular weight is 245 g/mol. The van der Waals surface area contributed by atoms with Gasteiger partial charge in [-0.2, -0.15) is 0 Å². The quantitative estimate of drug-likeness (QED) is 0.466. The third kappa shape index (κ3) is 2.58. The fourth-order valence-corrected chi connectivity index (χ4v) is 1.47. The molecular formula is C11H10ClFO3. The summed E-state index contributed by atoms with van der Waals surface area (Å²) in [6, 6.07) is 3.39. The van der Waals surface area contributed by atoms with E-state index in [9.17, 15) is 14.0 Å². The van der Waals surface area contributed by atoms with Crippen molar-refractivity contribution >= 4 is 23.4 Å². The molecule has 1 aromatic carbocycles. The first-order chi connectivity index (χ1) is 7.47. The van der Waals surface area contributed by atoms with Gasteiger partial charge in [0.25, 0.3) is 0 Å². The van der Waals surface area contributed by atoms with Crippen LogP contribution in [0.25, 0.3) is 0 Å². The van der Waals surface area contributed by atoms with E-state index in [1.54, 1.807) is 0 Å². The average Bonchev–Trinajstić information content (AvgIpc) is 2.26. The van der Waals surface area contributed by atoms with Gasteiger partial charge in [0.15, 0.2) is 5.78 Å². The Morgan fingerprint density at radius 1 is 1.44 bits per heavy atom. The Morgan fingerprint density at radius 2 is 2.06 bits per heavy atom. The summed E-state index contributed by atoms with van der Waals surface area (Å²) in [5, 5.41) is -0.0132. The van der Waals surface area contributed by atoms with E-state index in [4.69, 9.17) is 11.6 Å². The molecule has 0 aromatic heterocycles. The van der Waals surface area contributed by atoms with E-state index in [0.717, 1.165) is 12.1 Å². The Hall–Kier alpha value is -1.42. The largest absolute Gasteiger partial charge is 0.468 e. The second-order valence-corrected chi connectivity index (χ2v) is 3.64. The van der Waals surface area contributed by atoms with Crippen LogP contribution in [0.5, 0.6) is 0 Å². The van der Waals surface area contributed by atoms with Crippen molar-refractivity contribution in [3.05, 3.63) is 34.6 Å². The number of halogens is 2. The lowest BCUT2D eigenvalue weighted by Gasteiger charge is -2.09. The van der Waals surface area contributed by atoms with Crippen LogP contribution in [0, 0.1) is 11.7 Å². The second kappa shape index (κ2) is 5.07. The summed E-state index contributed by atoms with van der Waals surface area (Å²) in [5.41, 5.74) is 0.112. The first-order valence-electron chi connectivity index (χ1n) is 4.54. The highest BCUT2D eigenvalue weighted by molar-refractivity contribution is 6.34. The van der Waals surface area contributed by atoms with Crippen LogP contribution < -0.4 is 0 Å². The molecule has 0 aliphatic heterocycles.